The summed E-state index contributed by atoms with van der Waals surface area (Å²) in [6.45, 7) is 3.42. The first kappa shape index (κ1) is 24.7. The number of halogens is 1. The van der Waals surface area contributed by atoms with Gasteiger partial charge in [-0.3, -0.25) is 4.99 Å². The lowest BCUT2D eigenvalue weighted by Gasteiger charge is -2.22. The highest BCUT2D eigenvalue weighted by Gasteiger charge is 2.23. The molecule has 0 bridgehead atoms. The first-order valence-corrected chi connectivity index (χ1v) is 11.9. The van der Waals surface area contributed by atoms with E-state index >= 15 is 0 Å². The molecule has 166 valence electrons. The van der Waals surface area contributed by atoms with Gasteiger partial charge >= 0.3 is 0 Å². The largest absolute Gasteiger partial charge is 0.379 e. The Balaban J connectivity index is 0.00000300. The maximum absolute atomic E-state index is 5.74. The van der Waals surface area contributed by atoms with Crippen LogP contribution in [0.4, 0.5) is 0 Å². The van der Waals surface area contributed by atoms with Crippen LogP contribution in [-0.2, 0) is 11.2 Å². The molecular weight excluding hydrogens is 499 g/mol. The van der Waals surface area contributed by atoms with Crippen molar-refractivity contribution in [1.82, 2.24) is 25.0 Å². The summed E-state index contributed by atoms with van der Waals surface area (Å²) in [5.41, 5.74) is 0. The van der Waals surface area contributed by atoms with E-state index in [1.54, 1.807) is 11.8 Å². The quantitative estimate of drug-likeness (QED) is 0.153. The molecule has 0 saturated heterocycles. The number of nitrogens with one attached hydrogen (secondary N) is 1. The Kier molecular flexibility index (Phi) is 11.1. The van der Waals surface area contributed by atoms with Gasteiger partial charge < -0.3 is 19.5 Å². The minimum Gasteiger partial charge on any atom is -0.379 e. The van der Waals surface area contributed by atoms with E-state index in [4.69, 9.17) is 4.74 Å². The average Bonchev–Trinajstić information content (AvgIpc) is 3.20. The van der Waals surface area contributed by atoms with Crippen molar-refractivity contribution in [2.24, 2.45) is 10.9 Å². The number of nitrogens with zero attached hydrogens (tertiary/aromatic N) is 5. The zero-order valence-electron chi connectivity index (χ0n) is 18.1. The first-order valence-electron chi connectivity index (χ1n) is 10.7. The zero-order chi connectivity index (χ0) is 19.8. The molecule has 0 spiro atoms. The zero-order valence-corrected chi connectivity index (χ0v) is 21.2. The van der Waals surface area contributed by atoms with Gasteiger partial charge in [-0.2, -0.15) is 0 Å². The third-order valence-electron chi connectivity index (χ3n) is 5.66. The summed E-state index contributed by atoms with van der Waals surface area (Å²) in [7, 11) is 3.91. The number of thioether (sulfide) groups is 1. The number of aryl methyl sites for hydroxylation is 1. The van der Waals surface area contributed by atoms with Crippen LogP contribution in [0.25, 0.3) is 0 Å². The molecule has 0 radical (unpaired) electrons. The molecule has 0 aliphatic heterocycles. The van der Waals surface area contributed by atoms with Crippen molar-refractivity contribution in [3.63, 3.8) is 0 Å². The van der Waals surface area contributed by atoms with E-state index in [0.29, 0.717) is 6.04 Å². The van der Waals surface area contributed by atoms with Crippen molar-refractivity contribution in [3.05, 3.63) is 5.82 Å². The summed E-state index contributed by atoms with van der Waals surface area (Å²) in [6, 6.07) is 0.593. The van der Waals surface area contributed by atoms with E-state index in [9.17, 15) is 0 Å². The lowest BCUT2D eigenvalue weighted by molar-refractivity contribution is 0.115. The molecule has 29 heavy (non-hydrogen) atoms. The smallest absolute Gasteiger partial charge is 0.193 e. The maximum Gasteiger partial charge on any atom is 0.193 e. The van der Waals surface area contributed by atoms with Crippen molar-refractivity contribution < 1.29 is 4.74 Å². The third kappa shape index (κ3) is 7.57. The van der Waals surface area contributed by atoms with E-state index in [1.165, 1.54) is 38.5 Å². The van der Waals surface area contributed by atoms with E-state index in [-0.39, 0.29) is 24.0 Å². The van der Waals surface area contributed by atoms with E-state index in [0.717, 1.165) is 62.0 Å². The fourth-order valence-corrected chi connectivity index (χ4v) is 4.39. The van der Waals surface area contributed by atoms with E-state index in [2.05, 4.69) is 43.3 Å². The molecule has 9 heteroatoms. The summed E-state index contributed by atoms with van der Waals surface area (Å²) in [5.74, 6) is 2.88. The Bertz CT molecular complexity index is 630. The maximum atomic E-state index is 5.74. The summed E-state index contributed by atoms with van der Waals surface area (Å²) in [4.78, 5) is 6.53. The Labute approximate surface area is 196 Å². The highest BCUT2D eigenvalue weighted by Crippen LogP contribution is 2.33. The van der Waals surface area contributed by atoms with Crippen LogP contribution in [0.15, 0.2) is 10.1 Å². The predicted molar refractivity (Wildman–Crippen MR) is 131 cm³/mol. The van der Waals surface area contributed by atoms with Crippen LogP contribution in [0, 0.1) is 5.92 Å². The molecule has 3 rings (SSSR count). The number of likely N-dealkylation sites (N-methyl/N-ethyl adjacent to an activating group) is 1. The molecule has 2 aliphatic rings. The highest BCUT2D eigenvalue weighted by molar-refractivity contribution is 14.0. The number of aromatic nitrogens is 3. The van der Waals surface area contributed by atoms with Gasteiger partial charge in [-0.15, -0.1) is 34.2 Å². The standard InChI is InChI=1S/C20H36N6OS.HI/c1-21-19(25(2)13-14-27-15-16-10-11-16)22-12-6-9-18-23-24-20(28-3)26(18)17-7-4-5-8-17;/h16-17H,4-15H2,1-3H3,(H,21,22);1H. The molecule has 7 nitrogen and oxygen atoms in total. The van der Waals surface area contributed by atoms with Crippen LogP contribution in [0.1, 0.15) is 56.8 Å². The molecule has 0 amide bonds. The molecule has 1 aromatic rings. The number of rotatable bonds is 11. The van der Waals surface area contributed by atoms with E-state index in [1.807, 2.05) is 7.05 Å². The number of hydrogen-bond acceptors (Lipinski definition) is 5. The van der Waals surface area contributed by atoms with Gasteiger partial charge in [0.1, 0.15) is 5.82 Å². The average molecular weight is 537 g/mol. The van der Waals surface area contributed by atoms with Crippen LogP contribution < -0.4 is 5.32 Å². The van der Waals surface area contributed by atoms with Gasteiger partial charge in [-0.25, -0.2) is 0 Å². The van der Waals surface area contributed by atoms with Gasteiger partial charge in [0.2, 0.25) is 0 Å². The van der Waals surface area contributed by atoms with Gasteiger partial charge in [-0.05, 0) is 44.3 Å². The van der Waals surface area contributed by atoms with Gasteiger partial charge in [-0.1, -0.05) is 24.6 Å². The predicted octanol–water partition coefficient (Wildman–Crippen LogP) is 3.60. The van der Waals surface area contributed by atoms with Crippen LogP contribution in [-0.4, -0.2) is 72.3 Å². The normalized spacial score (nSPS) is 17.4. The Morgan fingerprint density at radius 1 is 1.28 bits per heavy atom. The molecule has 2 saturated carbocycles. The van der Waals surface area contributed by atoms with Crippen molar-refractivity contribution in [1.29, 1.82) is 0 Å². The van der Waals surface area contributed by atoms with Crippen molar-refractivity contribution in [2.75, 3.05) is 46.7 Å². The highest BCUT2D eigenvalue weighted by atomic mass is 127. The molecule has 0 aromatic carbocycles. The van der Waals surface area contributed by atoms with Gasteiger partial charge in [0, 0.05) is 46.3 Å². The minimum absolute atomic E-state index is 0. The van der Waals surface area contributed by atoms with Gasteiger partial charge in [0.25, 0.3) is 0 Å². The van der Waals surface area contributed by atoms with Crippen molar-refractivity contribution in [3.8, 4) is 0 Å². The first-order chi connectivity index (χ1) is 13.7. The van der Waals surface area contributed by atoms with Crippen LogP contribution in [0.5, 0.6) is 0 Å². The summed E-state index contributed by atoms with van der Waals surface area (Å²) >= 11 is 1.71. The van der Waals surface area contributed by atoms with Crippen LogP contribution in [0.3, 0.4) is 0 Å². The Morgan fingerprint density at radius 3 is 2.69 bits per heavy atom. The molecule has 2 fully saturated rings. The van der Waals surface area contributed by atoms with Gasteiger partial charge in [0.05, 0.1) is 6.61 Å². The van der Waals surface area contributed by atoms with Crippen molar-refractivity contribution in [2.45, 2.75) is 62.6 Å². The third-order valence-corrected chi connectivity index (χ3v) is 6.31. The molecule has 1 aromatic heterocycles. The number of hydrogen-bond donors (Lipinski definition) is 1. The lowest BCUT2D eigenvalue weighted by atomic mass is 10.2. The molecule has 0 atom stereocenters. The molecule has 0 unspecified atom stereocenters. The van der Waals surface area contributed by atoms with Crippen molar-refractivity contribution >= 4 is 41.7 Å². The lowest BCUT2D eigenvalue weighted by Crippen LogP contribution is -2.41. The van der Waals surface area contributed by atoms with Crippen LogP contribution >= 0.6 is 35.7 Å². The second-order valence-corrected chi connectivity index (χ2v) is 8.70. The number of guanidine groups is 1. The summed E-state index contributed by atoms with van der Waals surface area (Å²) in [5, 5.41) is 13.4. The second-order valence-electron chi connectivity index (χ2n) is 7.93. The molecule has 1 N–H and O–H groups in total. The summed E-state index contributed by atoms with van der Waals surface area (Å²) < 4.78 is 8.14. The second kappa shape index (κ2) is 13.0. The topological polar surface area (TPSA) is 67.6 Å². The Morgan fingerprint density at radius 2 is 2.03 bits per heavy atom. The molecular formula is C20H37IN6OS. The van der Waals surface area contributed by atoms with E-state index < -0.39 is 0 Å². The summed E-state index contributed by atoms with van der Waals surface area (Å²) in [6.07, 6.45) is 11.9. The number of ether oxygens (including phenoxy) is 1. The fourth-order valence-electron chi connectivity index (χ4n) is 3.82. The molecule has 1 heterocycles. The molecule has 2 aliphatic carbocycles. The van der Waals surface area contributed by atoms with Crippen LogP contribution in [0.2, 0.25) is 0 Å². The number of aliphatic imine (C=N–C) groups is 1. The SMILES string of the molecule is CN=C(NCCCc1nnc(SC)n1C1CCCC1)N(C)CCOCC1CC1.I. The minimum atomic E-state index is 0. The Hall–Kier alpha value is -0.550. The fraction of sp³-hybridized carbons (Fsp3) is 0.850. The van der Waals surface area contributed by atoms with Gasteiger partial charge in [0.15, 0.2) is 11.1 Å². The monoisotopic (exact) mass is 536 g/mol.